The maximum Gasteiger partial charge on any atom is 0.262 e. The number of benzene rings is 1. The number of rotatable bonds is 5. The molecule has 20 heavy (non-hydrogen) atoms. The zero-order chi connectivity index (χ0) is 14.8. The highest BCUT2D eigenvalue weighted by Crippen LogP contribution is 2.26. The Morgan fingerprint density at radius 2 is 1.80 bits per heavy atom. The largest absolute Gasteiger partial charge is 0.315 e. The molecule has 0 saturated heterocycles. The molecular weight excluding hydrogens is 339 g/mol. The molecule has 0 aliphatic heterocycles. The van der Waals surface area contributed by atoms with E-state index in [2.05, 4.69) is 10.0 Å². The van der Waals surface area contributed by atoms with Crippen molar-refractivity contribution in [3.05, 3.63) is 44.6 Å². The van der Waals surface area contributed by atoms with Gasteiger partial charge in [-0.15, -0.1) is 11.3 Å². The Morgan fingerprint density at radius 3 is 2.40 bits per heavy atom. The van der Waals surface area contributed by atoms with Gasteiger partial charge in [0.25, 0.3) is 10.0 Å². The predicted octanol–water partition coefficient (Wildman–Crippen LogP) is 3.58. The van der Waals surface area contributed by atoms with Gasteiger partial charge in [-0.3, -0.25) is 4.72 Å². The summed E-state index contributed by atoms with van der Waals surface area (Å²) in [5.41, 5.74) is 0.337. The summed E-state index contributed by atoms with van der Waals surface area (Å²) in [6, 6.07) is 6.18. The minimum absolute atomic E-state index is 0.226. The summed E-state index contributed by atoms with van der Waals surface area (Å²) in [7, 11) is -1.82. The van der Waals surface area contributed by atoms with Crippen LogP contribution in [0.4, 0.5) is 5.69 Å². The van der Waals surface area contributed by atoms with Gasteiger partial charge in [0.2, 0.25) is 0 Å². The van der Waals surface area contributed by atoms with Crippen LogP contribution in [0, 0.1) is 0 Å². The van der Waals surface area contributed by atoms with Crippen LogP contribution in [0.25, 0.3) is 0 Å². The van der Waals surface area contributed by atoms with Crippen molar-refractivity contribution < 1.29 is 8.42 Å². The van der Waals surface area contributed by atoms with Gasteiger partial charge in [0.05, 0.1) is 10.6 Å². The molecule has 2 rings (SSSR count). The third-order valence-electron chi connectivity index (χ3n) is 2.41. The van der Waals surface area contributed by atoms with E-state index in [1.54, 1.807) is 18.5 Å². The van der Waals surface area contributed by atoms with Crippen LogP contribution in [0.3, 0.4) is 0 Å². The molecule has 2 N–H and O–H groups in total. The number of sulfonamides is 1. The molecular formula is C12H12Cl2N2O2S2. The van der Waals surface area contributed by atoms with E-state index < -0.39 is 10.0 Å². The van der Waals surface area contributed by atoms with Gasteiger partial charge in [0, 0.05) is 26.8 Å². The van der Waals surface area contributed by atoms with Gasteiger partial charge in [0.15, 0.2) is 0 Å². The van der Waals surface area contributed by atoms with Crippen molar-refractivity contribution >= 4 is 50.2 Å². The Bertz CT molecular complexity index is 694. The summed E-state index contributed by atoms with van der Waals surface area (Å²) in [4.78, 5) is 1.17. The van der Waals surface area contributed by atoms with Crippen molar-refractivity contribution in [2.24, 2.45) is 0 Å². The van der Waals surface area contributed by atoms with Crippen molar-refractivity contribution in [3.63, 3.8) is 0 Å². The van der Waals surface area contributed by atoms with E-state index in [4.69, 9.17) is 23.2 Å². The molecule has 2 aromatic rings. The van der Waals surface area contributed by atoms with Crippen molar-refractivity contribution in [2.75, 3.05) is 11.8 Å². The van der Waals surface area contributed by atoms with Gasteiger partial charge in [-0.05, 0) is 31.3 Å². The number of thiophene rings is 1. The molecule has 108 valence electrons. The van der Waals surface area contributed by atoms with Gasteiger partial charge < -0.3 is 5.32 Å². The molecule has 8 heteroatoms. The fourth-order valence-corrected chi connectivity index (χ4v) is 4.45. The molecule has 0 aliphatic carbocycles. The standard InChI is InChI=1S/C12H12Cl2N2O2S2/c1-15-6-11-5-12(7-19-11)20(17,18)16-10-3-8(13)2-9(14)4-10/h2-5,7,15-16H,6H2,1H3. The highest BCUT2D eigenvalue weighted by molar-refractivity contribution is 7.92. The third kappa shape index (κ3) is 3.86. The molecule has 0 fully saturated rings. The number of halogens is 2. The van der Waals surface area contributed by atoms with Crippen LogP contribution in [-0.2, 0) is 16.6 Å². The number of nitrogens with one attached hydrogen (secondary N) is 2. The molecule has 0 radical (unpaired) electrons. The molecule has 1 aromatic heterocycles. The fraction of sp³-hybridized carbons (Fsp3) is 0.167. The first-order valence-corrected chi connectivity index (χ1v) is 8.73. The minimum Gasteiger partial charge on any atom is -0.315 e. The van der Waals surface area contributed by atoms with Crippen LogP contribution >= 0.6 is 34.5 Å². The summed E-state index contributed by atoms with van der Waals surface area (Å²) in [6.45, 7) is 0.628. The summed E-state index contributed by atoms with van der Waals surface area (Å²) < 4.78 is 26.9. The Hall–Kier alpha value is -0.790. The summed E-state index contributed by atoms with van der Waals surface area (Å²) in [5, 5.41) is 5.32. The Balaban J connectivity index is 2.25. The summed E-state index contributed by atoms with van der Waals surface area (Å²) in [5.74, 6) is 0. The Kier molecular flexibility index (Phi) is 4.93. The van der Waals surface area contributed by atoms with Crippen LogP contribution in [0.5, 0.6) is 0 Å². The number of hydrogen-bond acceptors (Lipinski definition) is 4. The minimum atomic E-state index is -3.63. The normalized spacial score (nSPS) is 11.6. The second-order valence-electron chi connectivity index (χ2n) is 4.04. The first-order chi connectivity index (χ1) is 9.40. The smallest absolute Gasteiger partial charge is 0.262 e. The number of anilines is 1. The van der Waals surface area contributed by atoms with E-state index in [0.29, 0.717) is 22.3 Å². The SMILES string of the molecule is CNCc1cc(S(=O)(=O)Nc2cc(Cl)cc(Cl)c2)cs1. The van der Waals surface area contributed by atoms with Gasteiger partial charge >= 0.3 is 0 Å². The van der Waals surface area contributed by atoms with Gasteiger partial charge in [-0.2, -0.15) is 0 Å². The molecule has 0 spiro atoms. The molecule has 0 bridgehead atoms. The van der Waals surface area contributed by atoms with E-state index in [0.717, 1.165) is 4.88 Å². The van der Waals surface area contributed by atoms with Crippen molar-refractivity contribution in [3.8, 4) is 0 Å². The van der Waals surface area contributed by atoms with E-state index >= 15 is 0 Å². The van der Waals surface area contributed by atoms with E-state index in [1.165, 1.54) is 29.5 Å². The average molecular weight is 351 g/mol. The highest BCUT2D eigenvalue weighted by atomic mass is 35.5. The lowest BCUT2D eigenvalue weighted by atomic mass is 10.3. The van der Waals surface area contributed by atoms with Crippen molar-refractivity contribution in [1.29, 1.82) is 0 Å². The molecule has 0 atom stereocenters. The quantitative estimate of drug-likeness (QED) is 0.866. The van der Waals surface area contributed by atoms with Gasteiger partial charge in [0.1, 0.15) is 0 Å². The lowest BCUT2D eigenvalue weighted by molar-refractivity contribution is 0.601. The zero-order valence-electron chi connectivity index (χ0n) is 10.5. The van der Waals surface area contributed by atoms with Gasteiger partial charge in [-0.1, -0.05) is 23.2 Å². The van der Waals surface area contributed by atoms with E-state index in [-0.39, 0.29) is 4.90 Å². The second-order valence-corrected chi connectivity index (χ2v) is 7.59. The van der Waals surface area contributed by atoms with Crippen LogP contribution in [-0.4, -0.2) is 15.5 Å². The maximum absolute atomic E-state index is 12.2. The third-order valence-corrected chi connectivity index (χ3v) is 5.29. The molecule has 1 heterocycles. The first kappa shape index (κ1) is 15.6. The lowest BCUT2D eigenvalue weighted by Crippen LogP contribution is -2.12. The second kappa shape index (κ2) is 6.32. The molecule has 0 unspecified atom stereocenters. The first-order valence-electron chi connectivity index (χ1n) is 5.61. The Labute approximate surface area is 131 Å². The van der Waals surface area contributed by atoms with E-state index in [1.807, 2.05) is 0 Å². The molecule has 1 aromatic carbocycles. The molecule has 0 aliphatic rings. The topological polar surface area (TPSA) is 58.2 Å². The Morgan fingerprint density at radius 1 is 1.15 bits per heavy atom. The van der Waals surface area contributed by atoms with Crippen LogP contribution in [0.2, 0.25) is 10.0 Å². The van der Waals surface area contributed by atoms with Crippen LogP contribution in [0.1, 0.15) is 4.88 Å². The average Bonchev–Trinajstić information content (AvgIpc) is 2.76. The summed E-state index contributed by atoms with van der Waals surface area (Å²) in [6.07, 6.45) is 0. The van der Waals surface area contributed by atoms with Crippen molar-refractivity contribution in [2.45, 2.75) is 11.4 Å². The highest BCUT2D eigenvalue weighted by Gasteiger charge is 2.16. The molecule has 0 amide bonds. The maximum atomic E-state index is 12.2. The number of hydrogen-bond donors (Lipinski definition) is 2. The monoisotopic (exact) mass is 350 g/mol. The predicted molar refractivity (Wildman–Crippen MR) is 84.4 cm³/mol. The lowest BCUT2D eigenvalue weighted by Gasteiger charge is -2.07. The van der Waals surface area contributed by atoms with Crippen molar-refractivity contribution in [1.82, 2.24) is 5.32 Å². The molecule has 4 nitrogen and oxygen atoms in total. The van der Waals surface area contributed by atoms with Crippen LogP contribution < -0.4 is 10.0 Å². The van der Waals surface area contributed by atoms with Crippen LogP contribution in [0.15, 0.2) is 34.5 Å². The zero-order valence-corrected chi connectivity index (χ0v) is 13.6. The van der Waals surface area contributed by atoms with E-state index in [9.17, 15) is 8.42 Å². The molecule has 0 saturated carbocycles. The fourth-order valence-electron chi connectivity index (χ4n) is 1.60. The summed E-state index contributed by atoms with van der Waals surface area (Å²) >= 11 is 13.1. The van der Waals surface area contributed by atoms with Gasteiger partial charge in [-0.25, -0.2) is 8.42 Å².